The third kappa shape index (κ3) is 2.93. The van der Waals surface area contributed by atoms with Crippen molar-refractivity contribution in [2.24, 2.45) is 0 Å². The van der Waals surface area contributed by atoms with Gasteiger partial charge in [-0.3, -0.25) is 4.79 Å². The molecule has 0 atom stereocenters. The molecule has 2 aromatic heterocycles. The van der Waals surface area contributed by atoms with Crippen molar-refractivity contribution in [1.82, 2.24) is 4.40 Å². The molecule has 6 heteroatoms. The molecular weight excluding hydrogens is 386 g/mol. The van der Waals surface area contributed by atoms with E-state index in [-0.39, 0.29) is 6.61 Å². The van der Waals surface area contributed by atoms with Crippen molar-refractivity contribution in [1.29, 1.82) is 0 Å². The molecule has 2 heterocycles. The Kier molecular flexibility index (Phi) is 4.90. The van der Waals surface area contributed by atoms with E-state index in [0.717, 1.165) is 16.3 Å². The number of carbonyl (C=O) groups is 2. The number of ether oxygens (including phenoxy) is 2. The molecule has 3 aromatic rings. The van der Waals surface area contributed by atoms with Gasteiger partial charge in [-0.1, -0.05) is 12.1 Å². The van der Waals surface area contributed by atoms with Crippen LogP contribution in [0.3, 0.4) is 0 Å². The van der Waals surface area contributed by atoms with E-state index in [1.807, 2.05) is 24.3 Å². The van der Waals surface area contributed by atoms with Crippen LogP contribution in [0, 0.1) is 0 Å². The molecule has 0 spiro atoms. The van der Waals surface area contributed by atoms with Gasteiger partial charge in [-0.2, -0.15) is 0 Å². The number of methoxy groups -OCH3 is 1. The van der Waals surface area contributed by atoms with E-state index in [2.05, 4.69) is 15.9 Å². The second-order valence-corrected chi connectivity index (χ2v) is 6.13. The molecule has 0 aliphatic heterocycles. The summed E-state index contributed by atoms with van der Waals surface area (Å²) in [4.78, 5) is 24.4. The van der Waals surface area contributed by atoms with Gasteiger partial charge in [0.15, 0.2) is 6.29 Å². The van der Waals surface area contributed by atoms with E-state index in [1.54, 1.807) is 36.8 Å². The van der Waals surface area contributed by atoms with Gasteiger partial charge in [-0.05, 0) is 52.7 Å². The molecule has 0 saturated heterocycles. The van der Waals surface area contributed by atoms with E-state index in [4.69, 9.17) is 9.47 Å². The number of rotatable bonds is 5. The second kappa shape index (κ2) is 7.11. The minimum atomic E-state index is -0.457. The first kappa shape index (κ1) is 17.2. The topological polar surface area (TPSA) is 57.0 Å². The van der Waals surface area contributed by atoms with Crippen molar-refractivity contribution in [3.05, 3.63) is 58.3 Å². The molecule has 0 aliphatic rings. The van der Waals surface area contributed by atoms with Crippen LogP contribution in [-0.2, 0) is 4.74 Å². The van der Waals surface area contributed by atoms with Crippen molar-refractivity contribution in [2.75, 3.05) is 13.7 Å². The lowest BCUT2D eigenvalue weighted by molar-refractivity contribution is 0.0529. The highest BCUT2D eigenvalue weighted by Crippen LogP contribution is 2.37. The fourth-order valence-corrected chi connectivity index (χ4v) is 3.41. The second-order valence-electron chi connectivity index (χ2n) is 5.28. The Morgan fingerprint density at radius 3 is 2.72 bits per heavy atom. The Bertz CT molecular complexity index is 961. The Morgan fingerprint density at radius 1 is 1.28 bits per heavy atom. The Balaban J connectivity index is 2.36. The van der Waals surface area contributed by atoms with Crippen LogP contribution < -0.4 is 4.74 Å². The summed E-state index contributed by atoms with van der Waals surface area (Å²) in [6.07, 6.45) is 2.51. The maximum Gasteiger partial charge on any atom is 0.340 e. The summed E-state index contributed by atoms with van der Waals surface area (Å²) in [7, 11) is 1.58. The van der Waals surface area contributed by atoms with Crippen molar-refractivity contribution < 1.29 is 19.1 Å². The smallest absolute Gasteiger partial charge is 0.340 e. The number of aromatic nitrogens is 1. The van der Waals surface area contributed by atoms with Gasteiger partial charge in [-0.15, -0.1) is 0 Å². The fourth-order valence-electron chi connectivity index (χ4n) is 2.87. The number of carbonyl (C=O) groups excluding carboxylic acids is 2. The Hall–Kier alpha value is -2.60. The molecule has 1 aromatic carbocycles. The molecule has 0 N–H and O–H groups in total. The van der Waals surface area contributed by atoms with Crippen LogP contribution >= 0.6 is 15.9 Å². The molecule has 25 heavy (non-hydrogen) atoms. The summed E-state index contributed by atoms with van der Waals surface area (Å²) in [5.74, 6) is 0.207. The molecule has 128 valence electrons. The van der Waals surface area contributed by atoms with Crippen LogP contribution in [0.2, 0.25) is 0 Å². The zero-order valence-corrected chi connectivity index (χ0v) is 15.4. The van der Waals surface area contributed by atoms with Crippen molar-refractivity contribution in [3.63, 3.8) is 0 Å². The highest BCUT2D eigenvalue weighted by molar-refractivity contribution is 9.10. The molecule has 0 aliphatic carbocycles. The maximum absolute atomic E-state index is 12.6. The summed E-state index contributed by atoms with van der Waals surface area (Å²) < 4.78 is 12.9. The van der Waals surface area contributed by atoms with Gasteiger partial charge in [0, 0.05) is 11.8 Å². The summed E-state index contributed by atoms with van der Waals surface area (Å²) in [6, 6.07) is 10.8. The average Bonchev–Trinajstić information content (AvgIpc) is 2.96. The predicted molar refractivity (Wildman–Crippen MR) is 98.4 cm³/mol. The Labute approximate surface area is 153 Å². The van der Waals surface area contributed by atoms with Crippen LogP contribution in [0.5, 0.6) is 5.75 Å². The van der Waals surface area contributed by atoms with Crippen LogP contribution in [0.25, 0.3) is 16.6 Å². The van der Waals surface area contributed by atoms with Crippen LogP contribution in [-0.4, -0.2) is 30.4 Å². The summed E-state index contributed by atoms with van der Waals surface area (Å²) in [6.45, 7) is 2.01. The molecule has 0 amide bonds. The quantitative estimate of drug-likeness (QED) is 0.470. The summed E-state index contributed by atoms with van der Waals surface area (Å²) in [5, 5.41) is 0. The lowest BCUT2D eigenvalue weighted by Crippen LogP contribution is -2.05. The minimum absolute atomic E-state index is 0.255. The van der Waals surface area contributed by atoms with Crippen LogP contribution in [0.4, 0.5) is 0 Å². The average molecular weight is 402 g/mol. The molecule has 0 unspecified atom stereocenters. The summed E-state index contributed by atoms with van der Waals surface area (Å²) >= 11 is 3.45. The van der Waals surface area contributed by atoms with Gasteiger partial charge < -0.3 is 13.9 Å². The SMILES string of the molecule is CCOC(=O)c1c(-c2ccc(OC)c(Br)c2)c(C=O)n2ccccc12. The predicted octanol–water partition coefficient (Wildman–Crippen LogP) is 4.37. The molecule has 0 fully saturated rings. The molecule has 0 saturated carbocycles. The van der Waals surface area contributed by atoms with Gasteiger partial charge in [-0.25, -0.2) is 4.79 Å². The van der Waals surface area contributed by atoms with Gasteiger partial charge in [0.25, 0.3) is 0 Å². The van der Waals surface area contributed by atoms with Crippen LogP contribution in [0.1, 0.15) is 27.8 Å². The van der Waals surface area contributed by atoms with E-state index in [9.17, 15) is 9.59 Å². The standard InChI is InChI=1S/C19H16BrNO4/c1-3-25-19(23)18-14-6-4-5-9-21(14)15(11-22)17(18)12-7-8-16(24-2)13(20)10-12/h4-11H,3H2,1-2H3. The van der Waals surface area contributed by atoms with Gasteiger partial charge >= 0.3 is 5.97 Å². The minimum Gasteiger partial charge on any atom is -0.496 e. The number of pyridine rings is 1. The van der Waals surface area contributed by atoms with Crippen molar-refractivity contribution >= 4 is 33.7 Å². The monoisotopic (exact) mass is 401 g/mol. The first-order valence-electron chi connectivity index (χ1n) is 7.71. The fraction of sp³-hybridized carbons (Fsp3) is 0.158. The highest BCUT2D eigenvalue weighted by atomic mass is 79.9. The largest absolute Gasteiger partial charge is 0.496 e. The lowest BCUT2D eigenvalue weighted by atomic mass is 10.0. The van der Waals surface area contributed by atoms with Crippen molar-refractivity contribution in [2.45, 2.75) is 6.92 Å². The van der Waals surface area contributed by atoms with Gasteiger partial charge in [0.05, 0.1) is 35.0 Å². The Morgan fingerprint density at radius 2 is 2.08 bits per heavy atom. The highest BCUT2D eigenvalue weighted by Gasteiger charge is 2.25. The van der Waals surface area contributed by atoms with Crippen molar-refractivity contribution in [3.8, 4) is 16.9 Å². The molecule has 0 radical (unpaired) electrons. The normalized spacial score (nSPS) is 10.7. The number of benzene rings is 1. The third-order valence-electron chi connectivity index (χ3n) is 3.91. The van der Waals surface area contributed by atoms with Crippen LogP contribution in [0.15, 0.2) is 47.1 Å². The van der Waals surface area contributed by atoms with Gasteiger partial charge in [0.1, 0.15) is 5.75 Å². The molecule has 3 rings (SSSR count). The van der Waals surface area contributed by atoms with Gasteiger partial charge in [0.2, 0.25) is 0 Å². The maximum atomic E-state index is 12.6. The molecule has 5 nitrogen and oxygen atoms in total. The number of nitrogens with zero attached hydrogens (tertiary/aromatic N) is 1. The number of halogens is 1. The zero-order chi connectivity index (χ0) is 18.0. The van der Waals surface area contributed by atoms with E-state index < -0.39 is 5.97 Å². The number of hydrogen-bond acceptors (Lipinski definition) is 4. The number of aldehydes is 1. The number of esters is 1. The summed E-state index contributed by atoms with van der Waals surface area (Å²) in [5.41, 5.74) is 2.67. The molecule has 0 bridgehead atoms. The number of hydrogen-bond donors (Lipinski definition) is 0. The lowest BCUT2D eigenvalue weighted by Gasteiger charge is -2.08. The van der Waals surface area contributed by atoms with E-state index in [0.29, 0.717) is 28.1 Å². The van der Waals surface area contributed by atoms with E-state index >= 15 is 0 Å². The first-order chi connectivity index (χ1) is 12.1. The van der Waals surface area contributed by atoms with E-state index in [1.165, 1.54) is 0 Å². The first-order valence-corrected chi connectivity index (χ1v) is 8.50. The molecular formula is C19H16BrNO4. The third-order valence-corrected chi connectivity index (χ3v) is 4.53. The zero-order valence-electron chi connectivity index (χ0n) is 13.8. The number of fused-ring (bicyclic) bond motifs is 1.